The number of amides is 1. The molecule has 0 radical (unpaired) electrons. The Kier molecular flexibility index (Phi) is 6.75. The summed E-state index contributed by atoms with van der Waals surface area (Å²) in [5.41, 5.74) is 3.41. The zero-order chi connectivity index (χ0) is 23.4. The lowest BCUT2D eigenvalue weighted by molar-refractivity contribution is -0.136. The first-order valence-corrected chi connectivity index (χ1v) is 11.2. The van der Waals surface area contributed by atoms with Gasteiger partial charge in [-0.3, -0.25) is 9.69 Å². The van der Waals surface area contributed by atoms with Crippen molar-refractivity contribution in [1.29, 1.82) is 0 Å². The van der Waals surface area contributed by atoms with Gasteiger partial charge in [0.2, 0.25) is 0 Å². The van der Waals surface area contributed by atoms with Gasteiger partial charge in [0.15, 0.2) is 0 Å². The molecule has 0 fully saturated rings. The summed E-state index contributed by atoms with van der Waals surface area (Å²) in [4.78, 5) is 27.7. The molecule has 0 aromatic heterocycles. The van der Waals surface area contributed by atoms with Crippen LogP contribution in [0.25, 0.3) is 6.08 Å². The molecule has 33 heavy (non-hydrogen) atoms. The van der Waals surface area contributed by atoms with Crippen LogP contribution in [0, 0.1) is 0 Å². The van der Waals surface area contributed by atoms with Crippen molar-refractivity contribution in [1.82, 2.24) is 0 Å². The van der Waals surface area contributed by atoms with Crippen molar-refractivity contribution < 1.29 is 19.1 Å². The van der Waals surface area contributed by atoms with Crippen molar-refractivity contribution in [3.05, 3.63) is 111 Å². The molecule has 0 N–H and O–H groups in total. The number of hydrogen-bond donors (Lipinski definition) is 0. The van der Waals surface area contributed by atoms with Crippen LogP contribution in [0.15, 0.2) is 100 Å². The summed E-state index contributed by atoms with van der Waals surface area (Å²) in [6, 6.07) is 24.6. The quantitative estimate of drug-likeness (QED) is 0.310. The van der Waals surface area contributed by atoms with Crippen molar-refractivity contribution in [2.75, 3.05) is 12.0 Å². The second-order valence-corrected chi connectivity index (χ2v) is 8.35. The van der Waals surface area contributed by atoms with Gasteiger partial charge in [-0.25, -0.2) is 4.79 Å². The first kappa shape index (κ1) is 22.6. The number of benzene rings is 3. The van der Waals surface area contributed by atoms with Crippen LogP contribution >= 0.6 is 15.9 Å². The van der Waals surface area contributed by atoms with Crippen LogP contribution in [0.2, 0.25) is 0 Å². The molecule has 0 saturated carbocycles. The summed E-state index contributed by atoms with van der Waals surface area (Å²) in [5.74, 6) is -0.243. The number of ether oxygens (including phenoxy) is 2. The minimum atomic E-state index is -0.561. The molecule has 1 amide bonds. The Hall–Kier alpha value is -3.64. The van der Waals surface area contributed by atoms with Gasteiger partial charge in [0.1, 0.15) is 12.4 Å². The van der Waals surface area contributed by atoms with E-state index in [1.54, 1.807) is 13.0 Å². The highest BCUT2D eigenvalue weighted by atomic mass is 79.9. The van der Waals surface area contributed by atoms with Gasteiger partial charge in [-0.05, 0) is 48.9 Å². The molecule has 0 bridgehead atoms. The smallest absolute Gasteiger partial charge is 0.340 e. The van der Waals surface area contributed by atoms with Crippen LogP contribution in [-0.2, 0) is 20.9 Å². The summed E-state index contributed by atoms with van der Waals surface area (Å²) in [6.07, 6.45) is 1.69. The summed E-state index contributed by atoms with van der Waals surface area (Å²) >= 11 is 3.41. The van der Waals surface area contributed by atoms with Crippen LogP contribution in [0.5, 0.6) is 5.75 Å². The van der Waals surface area contributed by atoms with Gasteiger partial charge in [0.25, 0.3) is 5.91 Å². The summed E-state index contributed by atoms with van der Waals surface area (Å²) in [6.45, 7) is 2.13. The Balaban J connectivity index is 1.73. The van der Waals surface area contributed by atoms with Crippen LogP contribution in [0.1, 0.15) is 18.1 Å². The highest BCUT2D eigenvalue weighted by molar-refractivity contribution is 9.10. The Morgan fingerprint density at radius 2 is 1.64 bits per heavy atom. The monoisotopic (exact) mass is 503 g/mol. The zero-order valence-electron chi connectivity index (χ0n) is 18.2. The fourth-order valence-electron chi connectivity index (χ4n) is 3.70. The third-order valence-corrected chi connectivity index (χ3v) is 5.86. The fourth-order valence-corrected chi connectivity index (χ4v) is 3.97. The summed E-state index contributed by atoms with van der Waals surface area (Å²) < 4.78 is 11.9. The maximum atomic E-state index is 13.5. The third-order valence-electron chi connectivity index (χ3n) is 5.33. The van der Waals surface area contributed by atoms with Crippen molar-refractivity contribution in [3.63, 3.8) is 0 Å². The van der Waals surface area contributed by atoms with Crippen LogP contribution in [0.3, 0.4) is 0 Å². The van der Waals surface area contributed by atoms with E-state index in [4.69, 9.17) is 9.47 Å². The molecule has 1 aliphatic rings. The first-order valence-electron chi connectivity index (χ1n) is 10.4. The standard InChI is InChI=1S/C27H22BrNO4/c1-18-25(27(31)32-2)23(26(30)29(18)22-14-12-21(28)13-15-22)16-20-10-6-7-11-24(20)33-17-19-8-4-3-5-9-19/h3-16H,17H2,1-2H3/b23-16-. The maximum absolute atomic E-state index is 13.5. The molecule has 1 aliphatic heterocycles. The number of methoxy groups -OCH3 is 1. The maximum Gasteiger partial charge on any atom is 0.340 e. The van der Waals surface area contributed by atoms with Gasteiger partial charge in [0.05, 0.1) is 18.3 Å². The van der Waals surface area contributed by atoms with Crippen molar-refractivity contribution in [2.45, 2.75) is 13.5 Å². The van der Waals surface area contributed by atoms with Crippen LogP contribution < -0.4 is 9.64 Å². The van der Waals surface area contributed by atoms with E-state index in [1.165, 1.54) is 12.0 Å². The second kappa shape index (κ2) is 9.88. The predicted molar refractivity (Wildman–Crippen MR) is 132 cm³/mol. The molecule has 0 unspecified atom stereocenters. The largest absolute Gasteiger partial charge is 0.488 e. The molecule has 0 atom stereocenters. The number of esters is 1. The number of carbonyl (C=O) groups excluding carboxylic acids is 2. The summed E-state index contributed by atoms with van der Waals surface area (Å²) in [5, 5.41) is 0. The van der Waals surface area contributed by atoms with Gasteiger partial charge >= 0.3 is 5.97 Å². The van der Waals surface area contributed by atoms with Crippen molar-refractivity contribution in [2.24, 2.45) is 0 Å². The van der Waals surface area contributed by atoms with Crippen LogP contribution in [0.4, 0.5) is 5.69 Å². The average Bonchev–Trinajstić information content (AvgIpc) is 3.08. The van der Waals surface area contributed by atoms with Gasteiger partial charge in [0, 0.05) is 21.4 Å². The van der Waals surface area contributed by atoms with E-state index in [2.05, 4.69) is 15.9 Å². The highest BCUT2D eigenvalue weighted by Crippen LogP contribution is 2.36. The molecule has 0 aliphatic carbocycles. The predicted octanol–water partition coefficient (Wildman–Crippen LogP) is 5.91. The third kappa shape index (κ3) is 4.76. The van der Waals surface area contributed by atoms with Gasteiger partial charge in [-0.15, -0.1) is 0 Å². The number of hydrogen-bond acceptors (Lipinski definition) is 4. The number of nitrogens with zero attached hydrogens (tertiary/aromatic N) is 1. The fraction of sp³-hybridized carbons (Fsp3) is 0.111. The Morgan fingerprint density at radius 1 is 0.970 bits per heavy atom. The van der Waals surface area contributed by atoms with E-state index >= 15 is 0 Å². The zero-order valence-corrected chi connectivity index (χ0v) is 19.8. The van der Waals surface area contributed by atoms with Crippen molar-refractivity contribution >= 4 is 39.6 Å². The number of para-hydroxylation sites is 1. The topological polar surface area (TPSA) is 55.8 Å². The Bertz CT molecular complexity index is 1250. The van der Waals surface area contributed by atoms with E-state index in [-0.39, 0.29) is 17.1 Å². The number of rotatable bonds is 6. The minimum absolute atomic E-state index is 0.239. The number of carbonyl (C=O) groups is 2. The molecule has 0 spiro atoms. The minimum Gasteiger partial charge on any atom is -0.488 e. The highest BCUT2D eigenvalue weighted by Gasteiger charge is 2.38. The molecule has 6 heteroatoms. The lowest BCUT2D eigenvalue weighted by atomic mass is 10.0. The average molecular weight is 504 g/mol. The lowest BCUT2D eigenvalue weighted by Gasteiger charge is -2.18. The Labute approximate surface area is 201 Å². The van der Waals surface area contributed by atoms with E-state index in [0.29, 0.717) is 29.3 Å². The van der Waals surface area contributed by atoms with Gasteiger partial charge < -0.3 is 9.47 Å². The van der Waals surface area contributed by atoms with E-state index in [0.717, 1.165) is 10.0 Å². The SMILES string of the molecule is COC(=O)C1=C(C)N(c2ccc(Br)cc2)C(=O)/C1=C\c1ccccc1OCc1ccccc1. The van der Waals surface area contributed by atoms with Gasteiger partial charge in [-0.2, -0.15) is 0 Å². The molecular weight excluding hydrogens is 482 g/mol. The van der Waals surface area contributed by atoms with E-state index in [9.17, 15) is 9.59 Å². The van der Waals surface area contributed by atoms with Crippen molar-refractivity contribution in [3.8, 4) is 5.75 Å². The van der Waals surface area contributed by atoms with Gasteiger partial charge in [-0.1, -0.05) is 64.5 Å². The van der Waals surface area contributed by atoms with Crippen LogP contribution in [-0.4, -0.2) is 19.0 Å². The summed E-state index contributed by atoms with van der Waals surface area (Å²) in [7, 11) is 1.31. The molecular formula is C27H22BrNO4. The molecule has 5 nitrogen and oxygen atoms in total. The van der Waals surface area contributed by atoms with E-state index < -0.39 is 5.97 Å². The molecule has 3 aromatic rings. The van der Waals surface area contributed by atoms with E-state index in [1.807, 2.05) is 78.9 Å². The first-order chi connectivity index (χ1) is 16.0. The molecule has 166 valence electrons. The Morgan fingerprint density at radius 3 is 2.33 bits per heavy atom. The molecule has 3 aromatic carbocycles. The molecule has 4 rings (SSSR count). The molecule has 0 saturated heterocycles. The number of halogens is 1. The number of anilines is 1. The molecule has 1 heterocycles. The second-order valence-electron chi connectivity index (χ2n) is 7.44. The number of allylic oxidation sites excluding steroid dienone is 1. The lowest BCUT2D eigenvalue weighted by Crippen LogP contribution is -2.24. The normalized spacial score (nSPS) is 14.7.